The molecule has 19 heavy (non-hydrogen) atoms. The van der Waals surface area contributed by atoms with E-state index in [4.69, 9.17) is 4.74 Å². The molecule has 0 radical (unpaired) electrons. The van der Waals surface area contributed by atoms with Crippen LogP contribution < -0.4 is 0 Å². The van der Waals surface area contributed by atoms with Crippen molar-refractivity contribution >= 4 is 5.97 Å². The van der Waals surface area contributed by atoms with E-state index in [0.717, 1.165) is 16.7 Å². The lowest BCUT2D eigenvalue weighted by atomic mass is 9.80. The van der Waals surface area contributed by atoms with Crippen LogP contribution in [0.1, 0.15) is 72.0 Å². The molecule has 1 aromatic carbocycles. The van der Waals surface area contributed by atoms with E-state index < -0.39 is 0 Å². The fraction of sp³-hybridized carbons (Fsp3) is 0.588. The topological polar surface area (TPSA) is 26.3 Å². The van der Waals surface area contributed by atoms with E-state index >= 15 is 0 Å². The zero-order valence-corrected chi connectivity index (χ0v) is 12.3. The Morgan fingerprint density at radius 3 is 2.53 bits per heavy atom. The van der Waals surface area contributed by atoms with Crippen LogP contribution in [0, 0.1) is 13.8 Å². The van der Waals surface area contributed by atoms with Gasteiger partial charge in [0.05, 0.1) is 12.2 Å². The molecule has 2 nitrogen and oxygen atoms in total. The van der Waals surface area contributed by atoms with E-state index in [2.05, 4.69) is 19.1 Å². The molecule has 0 amide bonds. The smallest absolute Gasteiger partial charge is 0.338 e. The van der Waals surface area contributed by atoms with E-state index in [1.165, 1.54) is 37.7 Å². The summed E-state index contributed by atoms with van der Waals surface area (Å²) < 4.78 is 5.19. The first-order valence-corrected chi connectivity index (χ1v) is 7.42. The van der Waals surface area contributed by atoms with Gasteiger partial charge in [-0.1, -0.05) is 31.4 Å². The molecule has 0 heterocycles. The predicted molar refractivity (Wildman–Crippen MR) is 77.7 cm³/mol. The third-order valence-electron chi connectivity index (χ3n) is 4.24. The maximum atomic E-state index is 12.1. The van der Waals surface area contributed by atoms with Crippen molar-refractivity contribution in [2.45, 2.75) is 58.8 Å². The molecule has 1 aliphatic rings. The number of esters is 1. The molecule has 0 spiro atoms. The number of hydrogen-bond donors (Lipinski definition) is 0. The molecule has 1 aromatic rings. The highest BCUT2D eigenvalue weighted by molar-refractivity contribution is 5.93. The molecule has 104 valence electrons. The molecular formula is C17H24O2. The Morgan fingerprint density at radius 2 is 1.89 bits per heavy atom. The van der Waals surface area contributed by atoms with E-state index in [-0.39, 0.29) is 5.97 Å². The molecule has 0 aromatic heterocycles. The number of carbonyl (C=O) groups excluding carboxylic acids is 1. The van der Waals surface area contributed by atoms with E-state index in [0.29, 0.717) is 12.5 Å². The van der Waals surface area contributed by atoms with Crippen LogP contribution in [0.5, 0.6) is 0 Å². The average Bonchev–Trinajstić information content (AvgIpc) is 2.40. The highest BCUT2D eigenvalue weighted by atomic mass is 16.5. The molecule has 2 heteroatoms. The Bertz CT molecular complexity index is 457. The Hall–Kier alpha value is -1.31. The second-order valence-electron chi connectivity index (χ2n) is 5.53. The number of benzene rings is 1. The lowest BCUT2D eigenvalue weighted by Crippen LogP contribution is -2.13. The van der Waals surface area contributed by atoms with Crippen LogP contribution in [-0.2, 0) is 4.74 Å². The zero-order valence-electron chi connectivity index (χ0n) is 12.3. The molecule has 0 bridgehead atoms. The monoisotopic (exact) mass is 260 g/mol. The van der Waals surface area contributed by atoms with Gasteiger partial charge in [0.25, 0.3) is 0 Å². The maximum absolute atomic E-state index is 12.1. The van der Waals surface area contributed by atoms with Gasteiger partial charge in [-0.2, -0.15) is 0 Å². The van der Waals surface area contributed by atoms with Gasteiger partial charge in [-0.05, 0) is 56.2 Å². The Kier molecular flexibility index (Phi) is 4.62. The first-order valence-electron chi connectivity index (χ1n) is 7.42. The zero-order chi connectivity index (χ0) is 13.8. The predicted octanol–water partition coefficient (Wildman–Crippen LogP) is 4.53. The highest BCUT2D eigenvalue weighted by Gasteiger charge is 2.22. The van der Waals surface area contributed by atoms with E-state index in [1.807, 2.05) is 13.8 Å². The summed E-state index contributed by atoms with van der Waals surface area (Å²) in [5.41, 5.74) is 4.29. The van der Waals surface area contributed by atoms with Crippen molar-refractivity contribution in [3.8, 4) is 0 Å². The second kappa shape index (κ2) is 6.23. The fourth-order valence-electron chi connectivity index (χ4n) is 3.24. The van der Waals surface area contributed by atoms with Crippen molar-refractivity contribution in [2.24, 2.45) is 0 Å². The summed E-state index contributed by atoms with van der Waals surface area (Å²) >= 11 is 0. The fourth-order valence-corrected chi connectivity index (χ4v) is 3.24. The minimum Gasteiger partial charge on any atom is -0.462 e. The standard InChI is InChI=1S/C17H24O2/c1-4-19-17(18)16-12(2)10-11-15(13(16)3)14-8-6-5-7-9-14/h10-11,14H,4-9H2,1-3H3. The van der Waals surface area contributed by atoms with Crippen LogP contribution in [0.2, 0.25) is 0 Å². The van der Waals surface area contributed by atoms with Crippen molar-refractivity contribution in [3.63, 3.8) is 0 Å². The summed E-state index contributed by atoms with van der Waals surface area (Å²) in [6.07, 6.45) is 6.49. The SMILES string of the molecule is CCOC(=O)c1c(C)ccc(C2CCCCC2)c1C. The highest BCUT2D eigenvalue weighted by Crippen LogP contribution is 2.35. The number of carbonyl (C=O) groups is 1. The normalized spacial score (nSPS) is 16.4. The Balaban J connectivity index is 2.35. The maximum Gasteiger partial charge on any atom is 0.338 e. The minimum atomic E-state index is -0.171. The van der Waals surface area contributed by atoms with Gasteiger partial charge in [-0.15, -0.1) is 0 Å². The molecule has 0 saturated heterocycles. The Morgan fingerprint density at radius 1 is 1.21 bits per heavy atom. The summed E-state index contributed by atoms with van der Waals surface area (Å²) in [6.45, 7) is 6.35. The number of hydrogen-bond acceptors (Lipinski definition) is 2. The second-order valence-corrected chi connectivity index (χ2v) is 5.53. The summed E-state index contributed by atoms with van der Waals surface area (Å²) in [4.78, 5) is 12.1. The first kappa shape index (κ1) is 14.1. The lowest BCUT2D eigenvalue weighted by Gasteiger charge is -2.25. The quantitative estimate of drug-likeness (QED) is 0.746. The lowest BCUT2D eigenvalue weighted by molar-refractivity contribution is 0.0524. The summed E-state index contributed by atoms with van der Waals surface area (Å²) in [6, 6.07) is 4.28. The minimum absolute atomic E-state index is 0.171. The van der Waals surface area contributed by atoms with Gasteiger partial charge in [0, 0.05) is 0 Å². The molecule has 1 fully saturated rings. The third kappa shape index (κ3) is 2.99. The Labute approximate surface area is 116 Å². The molecular weight excluding hydrogens is 236 g/mol. The third-order valence-corrected chi connectivity index (χ3v) is 4.24. The molecule has 0 unspecified atom stereocenters. The molecule has 0 N–H and O–H groups in total. The largest absolute Gasteiger partial charge is 0.462 e. The van der Waals surface area contributed by atoms with Crippen molar-refractivity contribution in [1.82, 2.24) is 0 Å². The van der Waals surface area contributed by atoms with Gasteiger partial charge >= 0.3 is 5.97 Å². The summed E-state index contributed by atoms with van der Waals surface area (Å²) in [5, 5.41) is 0. The van der Waals surface area contributed by atoms with Crippen molar-refractivity contribution in [2.75, 3.05) is 6.61 Å². The molecule has 0 aliphatic heterocycles. The van der Waals surface area contributed by atoms with Gasteiger partial charge in [0.1, 0.15) is 0 Å². The van der Waals surface area contributed by atoms with Gasteiger partial charge in [-0.25, -0.2) is 4.79 Å². The summed E-state index contributed by atoms with van der Waals surface area (Å²) in [5.74, 6) is 0.456. The number of rotatable bonds is 3. The molecule has 2 rings (SSSR count). The van der Waals surface area contributed by atoms with Crippen LogP contribution in [-0.4, -0.2) is 12.6 Å². The van der Waals surface area contributed by atoms with Crippen molar-refractivity contribution in [3.05, 3.63) is 34.4 Å². The molecule has 1 aliphatic carbocycles. The van der Waals surface area contributed by atoms with Crippen LogP contribution in [0.4, 0.5) is 0 Å². The van der Waals surface area contributed by atoms with Gasteiger partial charge in [-0.3, -0.25) is 0 Å². The summed E-state index contributed by atoms with van der Waals surface area (Å²) in [7, 11) is 0. The van der Waals surface area contributed by atoms with E-state index in [9.17, 15) is 4.79 Å². The van der Waals surface area contributed by atoms with Crippen molar-refractivity contribution in [1.29, 1.82) is 0 Å². The van der Waals surface area contributed by atoms with Gasteiger partial charge < -0.3 is 4.74 Å². The van der Waals surface area contributed by atoms with Gasteiger partial charge in [0.2, 0.25) is 0 Å². The number of aryl methyl sites for hydroxylation is 1. The van der Waals surface area contributed by atoms with Crippen LogP contribution in [0.3, 0.4) is 0 Å². The van der Waals surface area contributed by atoms with Crippen LogP contribution in [0.15, 0.2) is 12.1 Å². The molecule has 1 saturated carbocycles. The molecule has 0 atom stereocenters. The number of ether oxygens (including phenoxy) is 1. The average molecular weight is 260 g/mol. The van der Waals surface area contributed by atoms with Crippen LogP contribution in [0.25, 0.3) is 0 Å². The first-order chi connectivity index (χ1) is 9.15. The van der Waals surface area contributed by atoms with Crippen LogP contribution >= 0.6 is 0 Å². The van der Waals surface area contributed by atoms with Gasteiger partial charge in [0.15, 0.2) is 0 Å². The van der Waals surface area contributed by atoms with Crippen molar-refractivity contribution < 1.29 is 9.53 Å². The van der Waals surface area contributed by atoms with E-state index in [1.54, 1.807) is 0 Å².